The predicted molar refractivity (Wildman–Crippen MR) is 84.2 cm³/mol. The number of rotatable bonds is 5. The molecule has 0 unspecified atom stereocenters. The summed E-state index contributed by atoms with van der Waals surface area (Å²) in [6.45, 7) is 6.66. The van der Waals surface area contributed by atoms with Gasteiger partial charge in [-0.15, -0.1) is 0 Å². The molecule has 0 aliphatic carbocycles. The van der Waals surface area contributed by atoms with Crippen LogP contribution >= 0.6 is 0 Å². The van der Waals surface area contributed by atoms with Gasteiger partial charge in [-0.05, 0) is 18.1 Å². The Balaban J connectivity index is 1.92. The highest BCUT2D eigenvalue weighted by Gasteiger charge is 2.26. The van der Waals surface area contributed by atoms with E-state index in [0.717, 1.165) is 5.69 Å². The molecule has 118 valence electrons. The van der Waals surface area contributed by atoms with E-state index in [1.165, 1.54) is 4.31 Å². The van der Waals surface area contributed by atoms with Crippen molar-refractivity contribution in [3.63, 3.8) is 0 Å². The van der Waals surface area contributed by atoms with Gasteiger partial charge in [-0.2, -0.15) is 12.7 Å². The summed E-state index contributed by atoms with van der Waals surface area (Å²) in [5.74, 6) is 0.778. The summed E-state index contributed by atoms with van der Waals surface area (Å²) >= 11 is 0. The minimum Gasteiger partial charge on any atom is -0.384 e. The quantitative estimate of drug-likeness (QED) is 0.814. The number of hydrogen-bond acceptors (Lipinski definition) is 5. The molecule has 0 spiro atoms. The van der Waals surface area contributed by atoms with Crippen molar-refractivity contribution in [2.75, 3.05) is 43.4 Å². The Labute approximate surface area is 126 Å². The van der Waals surface area contributed by atoms with Crippen LogP contribution in [0.1, 0.15) is 13.8 Å². The monoisotopic (exact) mass is 313 g/mol. The summed E-state index contributed by atoms with van der Waals surface area (Å²) in [5.41, 5.74) is 6.54. The van der Waals surface area contributed by atoms with Gasteiger partial charge in [0.2, 0.25) is 0 Å². The number of nitrogens with zero attached hydrogens (tertiary/aromatic N) is 3. The van der Waals surface area contributed by atoms with Crippen LogP contribution in [0.25, 0.3) is 0 Å². The van der Waals surface area contributed by atoms with Gasteiger partial charge in [0, 0.05) is 32.7 Å². The summed E-state index contributed by atoms with van der Waals surface area (Å²) in [6.07, 6.45) is 1.72. The van der Waals surface area contributed by atoms with Crippen molar-refractivity contribution >= 4 is 21.7 Å². The molecule has 1 saturated heterocycles. The van der Waals surface area contributed by atoms with Gasteiger partial charge in [-0.1, -0.05) is 13.8 Å². The van der Waals surface area contributed by atoms with Crippen molar-refractivity contribution in [1.29, 1.82) is 0 Å². The summed E-state index contributed by atoms with van der Waals surface area (Å²) in [7, 11) is -3.37. The molecule has 1 fully saturated rings. The molecule has 2 heterocycles. The third-order valence-electron chi connectivity index (χ3n) is 3.39. The van der Waals surface area contributed by atoms with Gasteiger partial charge < -0.3 is 10.6 Å². The number of nitrogen functional groups attached to an aromatic ring is 1. The van der Waals surface area contributed by atoms with E-state index in [1.54, 1.807) is 12.3 Å². The molecule has 0 atom stereocenters. The number of nitrogens with two attached hydrogens (primary N) is 1. The van der Waals surface area contributed by atoms with Gasteiger partial charge in [-0.25, -0.2) is 9.71 Å². The van der Waals surface area contributed by atoms with Crippen molar-refractivity contribution in [2.24, 2.45) is 5.92 Å². The van der Waals surface area contributed by atoms with Gasteiger partial charge in [0.25, 0.3) is 10.2 Å². The normalized spacial score (nSPS) is 17.4. The molecule has 1 aromatic heterocycles. The van der Waals surface area contributed by atoms with Crippen LogP contribution < -0.4 is 15.4 Å². The first-order valence-electron chi connectivity index (χ1n) is 7.09. The maximum absolute atomic E-state index is 12.1. The molecule has 0 saturated carbocycles. The molecule has 3 N–H and O–H groups in total. The van der Waals surface area contributed by atoms with Crippen LogP contribution in [0.5, 0.6) is 0 Å². The predicted octanol–water partition coefficient (Wildman–Crippen LogP) is 0.276. The van der Waals surface area contributed by atoms with Crippen LogP contribution in [0.2, 0.25) is 0 Å². The molecule has 0 aromatic carbocycles. The molecule has 7 nitrogen and oxygen atoms in total. The maximum Gasteiger partial charge on any atom is 0.279 e. The van der Waals surface area contributed by atoms with Crippen LogP contribution in [0.4, 0.5) is 11.5 Å². The first-order chi connectivity index (χ1) is 9.88. The molecular formula is C13H23N5O2S. The van der Waals surface area contributed by atoms with E-state index in [2.05, 4.69) is 14.6 Å². The zero-order chi connectivity index (χ0) is 15.5. The molecule has 2 rings (SSSR count). The van der Waals surface area contributed by atoms with Crippen molar-refractivity contribution in [3.8, 4) is 0 Å². The van der Waals surface area contributed by atoms with E-state index in [-0.39, 0.29) is 0 Å². The van der Waals surface area contributed by atoms with Crippen LogP contribution in [0, 0.1) is 5.92 Å². The number of pyridine rings is 1. The second-order valence-corrected chi connectivity index (χ2v) is 7.33. The highest BCUT2D eigenvalue weighted by atomic mass is 32.2. The minimum absolute atomic E-state index is 0.293. The molecular weight excluding hydrogens is 290 g/mol. The fourth-order valence-electron chi connectivity index (χ4n) is 2.13. The molecule has 0 radical (unpaired) electrons. The lowest BCUT2D eigenvalue weighted by molar-refractivity contribution is 0.376. The molecule has 1 aliphatic heterocycles. The lowest BCUT2D eigenvalue weighted by atomic mass is 10.2. The van der Waals surface area contributed by atoms with Gasteiger partial charge in [0.15, 0.2) is 0 Å². The second kappa shape index (κ2) is 6.59. The lowest BCUT2D eigenvalue weighted by Gasteiger charge is -2.35. The second-order valence-electron chi connectivity index (χ2n) is 5.57. The third kappa shape index (κ3) is 4.29. The van der Waals surface area contributed by atoms with Gasteiger partial charge in [0.1, 0.15) is 5.82 Å². The summed E-state index contributed by atoms with van der Waals surface area (Å²) in [4.78, 5) is 6.17. The maximum atomic E-state index is 12.1. The van der Waals surface area contributed by atoms with E-state index in [4.69, 9.17) is 5.73 Å². The van der Waals surface area contributed by atoms with Crippen molar-refractivity contribution in [1.82, 2.24) is 14.0 Å². The Morgan fingerprint density at radius 2 is 1.95 bits per heavy atom. The first-order valence-corrected chi connectivity index (χ1v) is 8.53. The number of piperazine rings is 1. The smallest absolute Gasteiger partial charge is 0.279 e. The van der Waals surface area contributed by atoms with Crippen LogP contribution in [0.15, 0.2) is 18.3 Å². The van der Waals surface area contributed by atoms with Crippen molar-refractivity contribution in [2.45, 2.75) is 13.8 Å². The van der Waals surface area contributed by atoms with E-state index in [0.29, 0.717) is 44.5 Å². The average molecular weight is 313 g/mol. The van der Waals surface area contributed by atoms with E-state index in [1.807, 2.05) is 19.9 Å². The SMILES string of the molecule is CC(C)CNS(=O)(=O)N1CCN(c2ccc(N)nc2)CC1. The molecule has 0 bridgehead atoms. The zero-order valence-corrected chi connectivity index (χ0v) is 13.3. The van der Waals surface area contributed by atoms with Crippen molar-refractivity contribution in [3.05, 3.63) is 18.3 Å². The lowest BCUT2D eigenvalue weighted by Crippen LogP contribution is -2.52. The van der Waals surface area contributed by atoms with Gasteiger partial charge in [0.05, 0.1) is 11.9 Å². The van der Waals surface area contributed by atoms with Crippen molar-refractivity contribution < 1.29 is 8.42 Å². The van der Waals surface area contributed by atoms with Crippen LogP contribution in [-0.4, -0.2) is 50.4 Å². The van der Waals surface area contributed by atoms with Gasteiger partial charge in [-0.3, -0.25) is 0 Å². The number of hydrogen-bond donors (Lipinski definition) is 2. The summed E-state index contributed by atoms with van der Waals surface area (Å²) in [5, 5.41) is 0. The molecule has 0 amide bonds. The average Bonchev–Trinajstić information content (AvgIpc) is 2.46. The van der Waals surface area contributed by atoms with Crippen LogP contribution in [0.3, 0.4) is 0 Å². The highest BCUT2D eigenvalue weighted by molar-refractivity contribution is 7.87. The van der Waals surface area contributed by atoms with E-state index >= 15 is 0 Å². The van der Waals surface area contributed by atoms with E-state index in [9.17, 15) is 8.42 Å². The Hall–Kier alpha value is -1.38. The summed E-state index contributed by atoms with van der Waals surface area (Å²) < 4.78 is 28.4. The topological polar surface area (TPSA) is 91.6 Å². The fraction of sp³-hybridized carbons (Fsp3) is 0.615. The minimum atomic E-state index is -3.37. The Kier molecular flexibility index (Phi) is 5.02. The highest BCUT2D eigenvalue weighted by Crippen LogP contribution is 2.17. The number of aromatic nitrogens is 1. The zero-order valence-electron chi connectivity index (χ0n) is 12.5. The number of anilines is 2. The Morgan fingerprint density at radius 1 is 1.29 bits per heavy atom. The third-order valence-corrected chi connectivity index (χ3v) is 4.96. The van der Waals surface area contributed by atoms with Crippen LogP contribution in [-0.2, 0) is 10.2 Å². The Morgan fingerprint density at radius 3 is 2.48 bits per heavy atom. The molecule has 1 aliphatic rings. The Bertz CT molecular complexity index is 550. The molecule has 1 aromatic rings. The molecule has 8 heteroatoms. The first kappa shape index (κ1) is 16.0. The fourth-order valence-corrected chi connectivity index (χ4v) is 3.51. The molecule has 21 heavy (non-hydrogen) atoms. The number of nitrogens with one attached hydrogen (secondary N) is 1. The van der Waals surface area contributed by atoms with E-state index < -0.39 is 10.2 Å². The summed E-state index contributed by atoms with van der Waals surface area (Å²) in [6, 6.07) is 3.66. The largest absolute Gasteiger partial charge is 0.384 e. The van der Waals surface area contributed by atoms with Gasteiger partial charge >= 0.3 is 0 Å². The standard InChI is InChI=1S/C13H23N5O2S/c1-11(2)9-16-21(19,20)18-7-5-17(6-8-18)12-3-4-13(14)15-10-12/h3-4,10-11,16H,5-9H2,1-2H3,(H2,14,15).